The summed E-state index contributed by atoms with van der Waals surface area (Å²) >= 11 is 0. The van der Waals surface area contributed by atoms with E-state index in [1.165, 1.54) is 19.2 Å². The van der Waals surface area contributed by atoms with Crippen molar-refractivity contribution >= 4 is 23.3 Å². The molecular weight excluding hydrogens is 310 g/mol. The minimum Gasteiger partial charge on any atom is -0.335 e. The lowest BCUT2D eigenvalue weighted by molar-refractivity contribution is 0.102. The largest absolute Gasteiger partial charge is 0.335 e. The lowest BCUT2D eigenvalue weighted by Gasteiger charge is -2.08. The summed E-state index contributed by atoms with van der Waals surface area (Å²) in [4.78, 5) is 35.0. The Labute approximate surface area is 137 Å². The molecule has 1 aliphatic rings. The van der Waals surface area contributed by atoms with Gasteiger partial charge in [-0.25, -0.2) is 9.48 Å². The minimum atomic E-state index is -0.419. The number of nitrogens with zero attached hydrogens (tertiary/aromatic N) is 2. The van der Waals surface area contributed by atoms with Crippen molar-refractivity contribution in [3.05, 3.63) is 52.4 Å². The number of benzene rings is 1. The first kappa shape index (κ1) is 15.7. The second-order valence-corrected chi connectivity index (χ2v) is 5.58. The van der Waals surface area contributed by atoms with Crippen molar-refractivity contribution < 1.29 is 9.59 Å². The van der Waals surface area contributed by atoms with Crippen LogP contribution in [0.2, 0.25) is 0 Å². The molecule has 0 radical (unpaired) electrons. The summed E-state index contributed by atoms with van der Waals surface area (Å²) in [6.07, 6.45) is 2.05. The van der Waals surface area contributed by atoms with Gasteiger partial charge in [-0.2, -0.15) is 5.10 Å². The molecule has 124 valence electrons. The van der Waals surface area contributed by atoms with E-state index in [2.05, 4.69) is 21.0 Å². The van der Waals surface area contributed by atoms with Crippen LogP contribution in [0.1, 0.15) is 23.3 Å². The zero-order valence-corrected chi connectivity index (χ0v) is 13.1. The fourth-order valence-corrected chi connectivity index (χ4v) is 2.04. The Hall–Kier alpha value is -3.16. The number of hydrogen-bond donors (Lipinski definition) is 3. The van der Waals surface area contributed by atoms with Gasteiger partial charge in [0.05, 0.1) is 0 Å². The van der Waals surface area contributed by atoms with Gasteiger partial charge in [0.15, 0.2) is 0 Å². The predicted molar refractivity (Wildman–Crippen MR) is 89.0 cm³/mol. The van der Waals surface area contributed by atoms with Crippen molar-refractivity contribution in [3.8, 4) is 0 Å². The molecule has 1 heterocycles. The number of hydrogen-bond acceptors (Lipinski definition) is 4. The Morgan fingerprint density at radius 2 is 1.67 bits per heavy atom. The molecule has 1 aromatic heterocycles. The number of urea groups is 1. The molecule has 8 heteroatoms. The molecule has 3 amide bonds. The molecule has 3 rings (SSSR count). The normalized spacial score (nSPS) is 13.2. The predicted octanol–water partition coefficient (Wildman–Crippen LogP) is 1.32. The zero-order chi connectivity index (χ0) is 17.1. The number of amides is 3. The van der Waals surface area contributed by atoms with Gasteiger partial charge in [0.25, 0.3) is 11.5 Å². The summed E-state index contributed by atoms with van der Waals surface area (Å²) in [7, 11) is 1.48. The molecule has 1 saturated carbocycles. The molecular formula is C16H17N5O3. The molecule has 2 aromatic rings. The second kappa shape index (κ2) is 6.53. The smallest absolute Gasteiger partial charge is 0.319 e. The molecule has 0 unspecified atom stereocenters. The molecule has 0 aliphatic heterocycles. The van der Waals surface area contributed by atoms with Crippen molar-refractivity contribution in [1.29, 1.82) is 0 Å². The SMILES string of the molecule is Cn1nc(C(=O)Nc2ccc(NC(=O)NC3CC3)cc2)ccc1=O. The number of carbonyl (C=O) groups is 2. The fourth-order valence-electron chi connectivity index (χ4n) is 2.04. The van der Waals surface area contributed by atoms with Crippen LogP contribution in [-0.2, 0) is 7.05 Å². The molecule has 8 nitrogen and oxygen atoms in total. The van der Waals surface area contributed by atoms with Gasteiger partial charge >= 0.3 is 6.03 Å². The van der Waals surface area contributed by atoms with Crippen molar-refractivity contribution in [2.75, 3.05) is 10.6 Å². The standard InChI is InChI=1S/C16H17N5O3/c1-21-14(22)9-8-13(20-21)15(23)17-10-2-4-11(5-3-10)18-16(24)19-12-6-7-12/h2-5,8-9,12H,6-7H2,1H3,(H,17,23)(H2,18,19,24). The van der Waals surface area contributed by atoms with Gasteiger partial charge in [-0.05, 0) is 43.2 Å². The second-order valence-electron chi connectivity index (χ2n) is 5.58. The first-order chi connectivity index (χ1) is 11.5. The van der Waals surface area contributed by atoms with Gasteiger partial charge in [0, 0.05) is 30.5 Å². The quantitative estimate of drug-likeness (QED) is 0.787. The van der Waals surface area contributed by atoms with Gasteiger partial charge in [-0.3, -0.25) is 9.59 Å². The van der Waals surface area contributed by atoms with Crippen LogP contribution in [0, 0.1) is 0 Å². The van der Waals surface area contributed by atoms with Crippen molar-refractivity contribution in [2.45, 2.75) is 18.9 Å². The van der Waals surface area contributed by atoms with E-state index >= 15 is 0 Å². The van der Waals surface area contributed by atoms with Crippen LogP contribution in [0.4, 0.5) is 16.2 Å². The van der Waals surface area contributed by atoms with Crippen molar-refractivity contribution in [2.24, 2.45) is 7.05 Å². The first-order valence-corrected chi connectivity index (χ1v) is 7.54. The average molecular weight is 327 g/mol. The highest BCUT2D eigenvalue weighted by Crippen LogP contribution is 2.19. The van der Waals surface area contributed by atoms with Crippen LogP contribution in [0.3, 0.4) is 0 Å². The fraction of sp³-hybridized carbons (Fsp3) is 0.250. The number of nitrogens with one attached hydrogen (secondary N) is 3. The van der Waals surface area contributed by atoms with Crippen LogP contribution < -0.4 is 21.5 Å². The lowest BCUT2D eigenvalue weighted by Crippen LogP contribution is -2.30. The molecule has 0 saturated heterocycles. The molecule has 1 aliphatic carbocycles. The maximum absolute atomic E-state index is 12.1. The Bertz CT molecular complexity index is 824. The van der Waals surface area contributed by atoms with E-state index in [9.17, 15) is 14.4 Å². The number of aryl methyl sites for hydroxylation is 1. The number of carbonyl (C=O) groups excluding carboxylic acids is 2. The molecule has 1 fully saturated rings. The Morgan fingerprint density at radius 3 is 2.25 bits per heavy atom. The van der Waals surface area contributed by atoms with Crippen LogP contribution >= 0.6 is 0 Å². The molecule has 0 spiro atoms. The van der Waals surface area contributed by atoms with E-state index in [0.717, 1.165) is 17.5 Å². The minimum absolute atomic E-state index is 0.142. The van der Waals surface area contributed by atoms with E-state index in [4.69, 9.17) is 0 Å². The van der Waals surface area contributed by atoms with Crippen molar-refractivity contribution in [3.63, 3.8) is 0 Å². The van der Waals surface area contributed by atoms with E-state index in [1.54, 1.807) is 24.3 Å². The van der Waals surface area contributed by atoms with Gasteiger partial charge < -0.3 is 16.0 Å². The maximum atomic E-state index is 12.1. The number of anilines is 2. The maximum Gasteiger partial charge on any atom is 0.319 e. The van der Waals surface area contributed by atoms with Crippen LogP contribution in [0.5, 0.6) is 0 Å². The summed E-state index contributed by atoms with van der Waals surface area (Å²) in [5.74, 6) is -0.419. The van der Waals surface area contributed by atoms with Crippen molar-refractivity contribution in [1.82, 2.24) is 15.1 Å². The van der Waals surface area contributed by atoms with Gasteiger partial charge in [0.2, 0.25) is 0 Å². The summed E-state index contributed by atoms with van der Waals surface area (Å²) < 4.78 is 1.10. The molecule has 0 atom stereocenters. The van der Waals surface area contributed by atoms with Gasteiger partial charge in [0.1, 0.15) is 5.69 Å². The molecule has 1 aromatic carbocycles. The van der Waals surface area contributed by atoms with Gasteiger partial charge in [-0.1, -0.05) is 0 Å². The number of rotatable bonds is 4. The highest BCUT2D eigenvalue weighted by molar-refractivity contribution is 6.02. The highest BCUT2D eigenvalue weighted by atomic mass is 16.2. The van der Waals surface area contributed by atoms with Crippen LogP contribution in [0.25, 0.3) is 0 Å². The number of aromatic nitrogens is 2. The topological polar surface area (TPSA) is 105 Å². The summed E-state index contributed by atoms with van der Waals surface area (Å²) in [6, 6.07) is 9.44. The third-order valence-electron chi connectivity index (χ3n) is 3.51. The molecule has 24 heavy (non-hydrogen) atoms. The molecule has 3 N–H and O–H groups in total. The van der Waals surface area contributed by atoms with Gasteiger partial charge in [-0.15, -0.1) is 0 Å². The van der Waals surface area contributed by atoms with E-state index in [1.807, 2.05) is 0 Å². The Balaban J connectivity index is 1.60. The monoisotopic (exact) mass is 327 g/mol. The Morgan fingerprint density at radius 1 is 1.04 bits per heavy atom. The highest BCUT2D eigenvalue weighted by Gasteiger charge is 2.23. The lowest BCUT2D eigenvalue weighted by atomic mass is 10.2. The molecule has 0 bridgehead atoms. The third kappa shape index (κ3) is 3.97. The average Bonchev–Trinajstić information content (AvgIpc) is 3.35. The van der Waals surface area contributed by atoms with E-state index in [0.29, 0.717) is 11.4 Å². The van der Waals surface area contributed by atoms with Crippen LogP contribution in [-0.4, -0.2) is 27.8 Å². The Kier molecular flexibility index (Phi) is 4.28. The first-order valence-electron chi connectivity index (χ1n) is 7.54. The summed E-state index contributed by atoms with van der Waals surface area (Å²) in [6.45, 7) is 0. The zero-order valence-electron chi connectivity index (χ0n) is 13.1. The third-order valence-corrected chi connectivity index (χ3v) is 3.51. The van der Waals surface area contributed by atoms with E-state index in [-0.39, 0.29) is 23.3 Å². The van der Waals surface area contributed by atoms with Crippen LogP contribution in [0.15, 0.2) is 41.2 Å². The van der Waals surface area contributed by atoms with E-state index < -0.39 is 5.91 Å². The summed E-state index contributed by atoms with van der Waals surface area (Å²) in [5, 5.41) is 12.1. The summed E-state index contributed by atoms with van der Waals surface area (Å²) in [5.41, 5.74) is 1.05.